The van der Waals surface area contributed by atoms with Crippen LogP contribution in [0.25, 0.3) is 0 Å². The molecule has 0 amide bonds. The minimum Gasteiger partial charge on any atom is -0.153 e. The molecule has 2 spiro atoms. The molecule has 1 aromatic heterocycles. The van der Waals surface area contributed by atoms with Crippen LogP contribution in [0.2, 0.25) is 0 Å². The molecule has 0 aromatic carbocycles. The van der Waals surface area contributed by atoms with Crippen LogP contribution in [-0.4, -0.2) is 4.68 Å². The molecule has 4 rings (SSSR count). The highest BCUT2D eigenvalue weighted by Crippen LogP contribution is 2.42. The van der Waals surface area contributed by atoms with Gasteiger partial charge in [0.2, 0.25) is 5.66 Å². The van der Waals surface area contributed by atoms with E-state index in [1.54, 1.807) is 0 Å². The SMILES string of the molecule is c1cn2[n+](c1)C1(CCCCC1)N=NC21CCCCC1. The van der Waals surface area contributed by atoms with Gasteiger partial charge in [0, 0.05) is 18.9 Å². The molecule has 2 aliphatic carbocycles. The van der Waals surface area contributed by atoms with Crippen LogP contribution >= 0.6 is 0 Å². The topological polar surface area (TPSA) is 33.5 Å². The molecular weight excluding hydrogens is 236 g/mol. The van der Waals surface area contributed by atoms with Crippen LogP contribution in [0.3, 0.4) is 0 Å². The molecule has 4 heteroatoms. The first-order valence-corrected chi connectivity index (χ1v) is 7.89. The Morgan fingerprint density at radius 3 is 2.26 bits per heavy atom. The van der Waals surface area contributed by atoms with Crippen LogP contribution in [0.15, 0.2) is 28.7 Å². The molecule has 0 unspecified atom stereocenters. The summed E-state index contributed by atoms with van der Waals surface area (Å²) in [6.45, 7) is 0. The molecule has 0 bridgehead atoms. The first-order chi connectivity index (χ1) is 9.35. The largest absolute Gasteiger partial charge is 0.300 e. The third kappa shape index (κ3) is 1.61. The van der Waals surface area contributed by atoms with E-state index in [1.807, 2.05) is 0 Å². The van der Waals surface area contributed by atoms with E-state index in [-0.39, 0.29) is 11.3 Å². The summed E-state index contributed by atoms with van der Waals surface area (Å²) in [7, 11) is 0. The summed E-state index contributed by atoms with van der Waals surface area (Å²) in [5.41, 5.74) is -0.130. The fourth-order valence-electron chi connectivity index (χ4n) is 4.20. The van der Waals surface area contributed by atoms with E-state index in [2.05, 4.69) is 27.8 Å². The maximum Gasteiger partial charge on any atom is 0.300 e. The van der Waals surface area contributed by atoms with Crippen molar-refractivity contribution in [3.05, 3.63) is 18.5 Å². The zero-order valence-electron chi connectivity index (χ0n) is 11.6. The van der Waals surface area contributed by atoms with Gasteiger partial charge in [0.25, 0.3) is 0 Å². The van der Waals surface area contributed by atoms with Crippen LogP contribution in [0.4, 0.5) is 0 Å². The number of hydrogen-bond donors (Lipinski definition) is 0. The van der Waals surface area contributed by atoms with Crippen LogP contribution < -0.4 is 4.68 Å². The molecule has 0 radical (unpaired) electrons. The third-order valence-electron chi connectivity index (χ3n) is 5.27. The average Bonchev–Trinajstić information content (AvgIpc) is 2.98. The first-order valence-electron chi connectivity index (χ1n) is 7.89. The monoisotopic (exact) mass is 259 g/mol. The van der Waals surface area contributed by atoms with Crippen LogP contribution in [0.1, 0.15) is 64.2 Å². The van der Waals surface area contributed by atoms with Gasteiger partial charge in [-0.1, -0.05) is 17.5 Å². The predicted molar refractivity (Wildman–Crippen MR) is 71.6 cm³/mol. The lowest BCUT2D eigenvalue weighted by Crippen LogP contribution is -2.66. The molecule has 4 nitrogen and oxygen atoms in total. The minimum atomic E-state index is -0.0650. The molecule has 2 saturated carbocycles. The molecule has 0 saturated heterocycles. The van der Waals surface area contributed by atoms with Crippen molar-refractivity contribution in [3.8, 4) is 0 Å². The number of nitrogens with zero attached hydrogens (tertiary/aromatic N) is 4. The van der Waals surface area contributed by atoms with Crippen molar-refractivity contribution in [3.63, 3.8) is 0 Å². The summed E-state index contributed by atoms with van der Waals surface area (Å²) in [5, 5.41) is 9.76. The van der Waals surface area contributed by atoms with Crippen molar-refractivity contribution in [2.24, 2.45) is 10.2 Å². The minimum absolute atomic E-state index is 0.0650. The Hall–Kier alpha value is -1.19. The summed E-state index contributed by atoms with van der Waals surface area (Å²) >= 11 is 0. The van der Waals surface area contributed by atoms with Crippen molar-refractivity contribution in [2.75, 3.05) is 0 Å². The van der Waals surface area contributed by atoms with Crippen molar-refractivity contribution in [2.45, 2.75) is 75.5 Å². The molecule has 102 valence electrons. The van der Waals surface area contributed by atoms with E-state index >= 15 is 0 Å². The van der Waals surface area contributed by atoms with Crippen LogP contribution in [0.5, 0.6) is 0 Å². The average molecular weight is 259 g/mol. The van der Waals surface area contributed by atoms with Crippen LogP contribution in [-0.2, 0) is 11.3 Å². The second kappa shape index (κ2) is 4.15. The van der Waals surface area contributed by atoms with Gasteiger partial charge in [-0.25, -0.2) is 0 Å². The van der Waals surface area contributed by atoms with E-state index in [1.165, 1.54) is 38.5 Å². The fraction of sp³-hybridized carbons (Fsp3) is 0.800. The second-order valence-corrected chi connectivity index (χ2v) is 6.47. The van der Waals surface area contributed by atoms with E-state index in [0.29, 0.717) is 0 Å². The van der Waals surface area contributed by atoms with Gasteiger partial charge in [-0.15, -0.1) is 9.80 Å². The third-order valence-corrected chi connectivity index (χ3v) is 5.27. The number of fused-ring (bicyclic) bond motifs is 3. The van der Waals surface area contributed by atoms with Crippen molar-refractivity contribution >= 4 is 0 Å². The van der Waals surface area contributed by atoms with Gasteiger partial charge in [-0.2, -0.15) is 5.11 Å². The van der Waals surface area contributed by atoms with E-state index in [4.69, 9.17) is 10.2 Å². The molecule has 0 atom stereocenters. The Morgan fingerprint density at radius 1 is 0.842 bits per heavy atom. The van der Waals surface area contributed by atoms with E-state index < -0.39 is 0 Å². The quantitative estimate of drug-likeness (QED) is 0.639. The summed E-state index contributed by atoms with van der Waals surface area (Å²) in [5.74, 6) is 0. The summed E-state index contributed by atoms with van der Waals surface area (Å²) in [6.07, 6.45) is 16.9. The van der Waals surface area contributed by atoms with Gasteiger partial charge in [-0.05, 0) is 38.5 Å². The molecule has 19 heavy (non-hydrogen) atoms. The van der Waals surface area contributed by atoms with Gasteiger partial charge in [0.05, 0.1) is 6.20 Å². The van der Waals surface area contributed by atoms with E-state index in [0.717, 1.165) is 25.7 Å². The Bertz CT molecular complexity index is 447. The summed E-state index contributed by atoms with van der Waals surface area (Å²) < 4.78 is 4.81. The summed E-state index contributed by atoms with van der Waals surface area (Å²) in [4.78, 5) is 0. The zero-order chi connectivity index (χ0) is 12.8. The van der Waals surface area contributed by atoms with Crippen molar-refractivity contribution in [1.29, 1.82) is 0 Å². The van der Waals surface area contributed by atoms with Crippen molar-refractivity contribution < 1.29 is 4.68 Å². The number of azo groups is 1. The predicted octanol–water partition coefficient (Wildman–Crippen LogP) is 3.48. The lowest BCUT2D eigenvalue weighted by atomic mass is 9.87. The van der Waals surface area contributed by atoms with Crippen LogP contribution in [0, 0.1) is 0 Å². The van der Waals surface area contributed by atoms with Gasteiger partial charge in [-0.3, -0.25) is 0 Å². The first kappa shape index (κ1) is 11.6. The lowest BCUT2D eigenvalue weighted by molar-refractivity contribution is -0.848. The number of hydrogen-bond acceptors (Lipinski definition) is 2. The Morgan fingerprint density at radius 2 is 1.53 bits per heavy atom. The van der Waals surface area contributed by atoms with Crippen molar-refractivity contribution in [1.82, 2.24) is 4.68 Å². The normalized spacial score (nSPS) is 27.6. The smallest absolute Gasteiger partial charge is 0.153 e. The molecule has 0 N–H and O–H groups in total. The van der Waals surface area contributed by atoms with Gasteiger partial charge in [0.15, 0.2) is 6.20 Å². The number of rotatable bonds is 0. The molecule has 1 aromatic rings. The molecule has 2 fully saturated rings. The molecule has 3 aliphatic rings. The highest BCUT2D eigenvalue weighted by Gasteiger charge is 2.52. The summed E-state index contributed by atoms with van der Waals surface area (Å²) in [6, 6.07) is 2.17. The number of aromatic nitrogens is 2. The Balaban J connectivity index is 1.79. The highest BCUT2D eigenvalue weighted by molar-refractivity contribution is 4.91. The lowest BCUT2D eigenvalue weighted by Gasteiger charge is -2.39. The Labute approximate surface area is 114 Å². The Kier molecular flexibility index (Phi) is 2.54. The second-order valence-electron chi connectivity index (χ2n) is 6.47. The molecule has 2 heterocycles. The van der Waals surface area contributed by atoms with E-state index in [9.17, 15) is 0 Å². The maximum atomic E-state index is 4.88. The zero-order valence-corrected chi connectivity index (χ0v) is 11.6. The molecule has 1 aliphatic heterocycles. The molecular formula is C15H23N4+. The standard InChI is InChI=1S/C15H23N4/c1-3-8-14(9-4-1)16-17-15(10-5-2-6-11-15)19-13-7-12-18(14)19/h7,12-13H,1-6,8-11H2/q+1. The fourth-order valence-corrected chi connectivity index (χ4v) is 4.20. The van der Waals surface area contributed by atoms with Gasteiger partial charge < -0.3 is 0 Å². The highest BCUT2D eigenvalue weighted by atomic mass is 15.6. The van der Waals surface area contributed by atoms with Gasteiger partial charge in [0.1, 0.15) is 0 Å². The van der Waals surface area contributed by atoms with Gasteiger partial charge >= 0.3 is 5.66 Å². The maximum absolute atomic E-state index is 4.88.